The molecule has 2 N–H and O–H groups in total. The fourth-order valence-corrected chi connectivity index (χ4v) is 2.40. The van der Waals surface area contributed by atoms with Gasteiger partial charge in [0.15, 0.2) is 6.61 Å². The van der Waals surface area contributed by atoms with Crippen molar-refractivity contribution in [1.82, 2.24) is 10.1 Å². The van der Waals surface area contributed by atoms with Crippen LogP contribution in [0.4, 0.5) is 19.1 Å². The number of rotatable bonds is 6. The second-order valence-electron chi connectivity index (χ2n) is 5.80. The van der Waals surface area contributed by atoms with Crippen LogP contribution in [0.5, 0.6) is 0 Å². The summed E-state index contributed by atoms with van der Waals surface area (Å²) < 4.78 is 47.5. The first kappa shape index (κ1) is 18.1. The first-order valence-corrected chi connectivity index (χ1v) is 7.35. The summed E-state index contributed by atoms with van der Waals surface area (Å²) in [6.07, 6.45) is -2.98. The summed E-state index contributed by atoms with van der Waals surface area (Å²) in [5.74, 6) is -2.11. The Hall–Kier alpha value is -2.26. The summed E-state index contributed by atoms with van der Waals surface area (Å²) in [7, 11) is 0. The molecule has 1 heterocycles. The van der Waals surface area contributed by atoms with Gasteiger partial charge in [-0.05, 0) is 32.6 Å². The van der Waals surface area contributed by atoms with Crippen molar-refractivity contribution in [3.63, 3.8) is 0 Å². The molecule has 1 saturated carbocycles. The van der Waals surface area contributed by atoms with E-state index in [1.807, 2.05) is 0 Å². The number of esters is 1. The molecular weight excluding hydrogens is 331 g/mol. The molecule has 1 fully saturated rings. The number of ether oxygens (including phenoxy) is 1. The lowest BCUT2D eigenvalue weighted by Crippen LogP contribution is -2.47. The Morgan fingerprint density at radius 3 is 2.54 bits per heavy atom. The summed E-state index contributed by atoms with van der Waals surface area (Å²) in [6.45, 7) is 0.820. The summed E-state index contributed by atoms with van der Waals surface area (Å²) in [5, 5.41) is 3.46. The second kappa shape index (κ2) is 6.70. The molecule has 1 aromatic rings. The number of halogens is 3. The van der Waals surface area contributed by atoms with E-state index in [1.54, 1.807) is 6.92 Å². The molecule has 24 heavy (non-hydrogen) atoms. The molecule has 134 valence electrons. The van der Waals surface area contributed by atoms with E-state index in [2.05, 4.69) is 9.68 Å². The van der Waals surface area contributed by atoms with Gasteiger partial charge in [-0.2, -0.15) is 13.2 Å². The molecule has 1 aromatic heterocycles. The number of anilines is 1. The molecule has 0 saturated heterocycles. The molecule has 1 aliphatic rings. The van der Waals surface area contributed by atoms with Gasteiger partial charge in [-0.3, -0.25) is 4.79 Å². The van der Waals surface area contributed by atoms with E-state index >= 15 is 0 Å². The number of hydrogen-bond donors (Lipinski definition) is 1. The summed E-state index contributed by atoms with van der Waals surface area (Å²) >= 11 is 0. The Labute approximate surface area is 135 Å². The highest BCUT2D eigenvalue weighted by molar-refractivity contribution is 5.96. The maximum atomic E-state index is 12.7. The average Bonchev–Trinajstić information content (AvgIpc) is 3.26. The number of hydrogen-bond acceptors (Lipinski definition) is 6. The Balaban J connectivity index is 2.00. The molecule has 0 aromatic carbocycles. The maximum Gasteiger partial charge on any atom is 0.406 e. The number of nitrogens with zero attached hydrogens (tertiary/aromatic N) is 2. The van der Waals surface area contributed by atoms with Crippen LogP contribution in [0, 0.1) is 12.8 Å². The molecular formula is C14H18F3N3O4. The first-order valence-electron chi connectivity index (χ1n) is 7.35. The standard InChI is InChI=1S/C14H18F3N3O4/c1-7-11(12(18)24-19-7)13(22)23-5-10(21)20(6-14(15,16)17)8(2)9-3-4-9/h8-9H,3-6,18H2,1-2H3/t8-/m1/s1. The van der Waals surface area contributed by atoms with E-state index in [0.717, 1.165) is 12.8 Å². The van der Waals surface area contributed by atoms with Crippen LogP contribution in [0.15, 0.2) is 4.52 Å². The van der Waals surface area contributed by atoms with Gasteiger partial charge in [-0.15, -0.1) is 0 Å². The molecule has 0 aliphatic heterocycles. The monoisotopic (exact) mass is 349 g/mol. The van der Waals surface area contributed by atoms with Crippen LogP contribution in [-0.2, 0) is 9.53 Å². The van der Waals surface area contributed by atoms with Crippen molar-refractivity contribution >= 4 is 17.8 Å². The first-order chi connectivity index (χ1) is 11.1. The maximum absolute atomic E-state index is 12.7. The number of carbonyl (C=O) groups is 2. The summed E-state index contributed by atoms with van der Waals surface area (Å²) in [6, 6.07) is -0.569. The van der Waals surface area contributed by atoms with Gasteiger partial charge in [0.1, 0.15) is 12.1 Å². The smallest absolute Gasteiger partial charge is 0.406 e. The van der Waals surface area contributed by atoms with Crippen molar-refractivity contribution in [3.05, 3.63) is 11.3 Å². The third-order valence-corrected chi connectivity index (χ3v) is 3.89. The number of aryl methyl sites for hydroxylation is 1. The van der Waals surface area contributed by atoms with E-state index in [1.165, 1.54) is 6.92 Å². The van der Waals surface area contributed by atoms with Gasteiger partial charge >= 0.3 is 12.1 Å². The van der Waals surface area contributed by atoms with Gasteiger partial charge in [0.2, 0.25) is 5.88 Å². The van der Waals surface area contributed by atoms with Crippen LogP contribution in [0.3, 0.4) is 0 Å². The van der Waals surface area contributed by atoms with Crippen molar-refractivity contribution in [2.75, 3.05) is 18.9 Å². The quantitative estimate of drug-likeness (QED) is 0.788. The van der Waals surface area contributed by atoms with Gasteiger partial charge in [0, 0.05) is 6.04 Å². The van der Waals surface area contributed by atoms with E-state index < -0.39 is 37.2 Å². The zero-order valence-electron chi connectivity index (χ0n) is 13.2. The molecule has 7 nitrogen and oxygen atoms in total. The normalized spacial score (nSPS) is 15.9. The Bertz CT molecular complexity index is 606. The van der Waals surface area contributed by atoms with Crippen LogP contribution in [0.1, 0.15) is 35.8 Å². The van der Waals surface area contributed by atoms with Crippen molar-refractivity contribution in [2.45, 2.75) is 38.9 Å². The number of aromatic nitrogens is 1. The third kappa shape index (κ3) is 4.39. The summed E-state index contributed by atoms with van der Waals surface area (Å²) in [4.78, 5) is 24.7. The SMILES string of the molecule is Cc1noc(N)c1C(=O)OCC(=O)N(CC(F)(F)F)[C@H](C)C1CC1. The van der Waals surface area contributed by atoms with Crippen LogP contribution in [-0.4, -0.2) is 47.3 Å². The highest BCUT2D eigenvalue weighted by atomic mass is 19.4. The molecule has 2 rings (SSSR count). The van der Waals surface area contributed by atoms with Crippen molar-refractivity contribution in [1.29, 1.82) is 0 Å². The fraction of sp³-hybridized carbons (Fsp3) is 0.643. The van der Waals surface area contributed by atoms with Crippen molar-refractivity contribution in [3.8, 4) is 0 Å². The molecule has 1 amide bonds. The predicted octanol–water partition coefficient (Wildman–Crippen LogP) is 1.91. The molecule has 0 unspecified atom stereocenters. The Kier molecular flexibility index (Phi) is 5.05. The lowest BCUT2D eigenvalue weighted by Gasteiger charge is -2.30. The zero-order chi connectivity index (χ0) is 18.1. The van der Waals surface area contributed by atoms with Crippen LogP contribution in [0.25, 0.3) is 0 Å². The van der Waals surface area contributed by atoms with Crippen molar-refractivity contribution < 1.29 is 32.0 Å². The molecule has 0 spiro atoms. The van der Waals surface area contributed by atoms with Crippen molar-refractivity contribution in [2.24, 2.45) is 5.92 Å². The molecule has 10 heteroatoms. The molecule has 1 atom stereocenters. The minimum atomic E-state index is -4.53. The lowest BCUT2D eigenvalue weighted by molar-refractivity contribution is -0.167. The third-order valence-electron chi connectivity index (χ3n) is 3.89. The van der Waals surface area contributed by atoms with Gasteiger partial charge < -0.3 is 19.9 Å². The number of amides is 1. The fourth-order valence-electron chi connectivity index (χ4n) is 2.40. The van der Waals surface area contributed by atoms with E-state index in [4.69, 9.17) is 10.5 Å². The zero-order valence-corrected chi connectivity index (χ0v) is 13.2. The lowest BCUT2D eigenvalue weighted by atomic mass is 10.2. The number of carbonyl (C=O) groups excluding carboxylic acids is 2. The van der Waals surface area contributed by atoms with E-state index in [9.17, 15) is 22.8 Å². The van der Waals surface area contributed by atoms with E-state index in [0.29, 0.717) is 4.90 Å². The van der Waals surface area contributed by atoms with Gasteiger partial charge in [0.05, 0.1) is 5.69 Å². The van der Waals surface area contributed by atoms with Gasteiger partial charge in [0.25, 0.3) is 5.91 Å². The van der Waals surface area contributed by atoms with Crippen LogP contribution in [0.2, 0.25) is 0 Å². The highest BCUT2D eigenvalue weighted by Crippen LogP contribution is 2.36. The average molecular weight is 349 g/mol. The number of nitrogen functional groups attached to an aromatic ring is 1. The van der Waals surface area contributed by atoms with E-state index in [-0.39, 0.29) is 23.1 Å². The van der Waals surface area contributed by atoms with Gasteiger partial charge in [-0.25, -0.2) is 4.79 Å². The predicted molar refractivity (Wildman–Crippen MR) is 75.9 cm³/mol. The molecule has 0 bridgehead atoms. The second-order valence-corrected chi connectivity index (χ2v) is 5.80. The van der Waals surface area contributed by atoms with Crippen LogP contribution >= 0.6 is 0 Å². The van der Waals surface area contributed by atoms with Crippen LogP contribution < -0.4 is 5.73 Å². The largest absolute Gasteiger partial charge is 0.452 e. The minimum Gasteiger partial charge on any atom is -0.452 e. The topological polar surface area (TPSA) is 98.7 Å². The van der Waals surface area contributed by atoms with Gasteiger partial charge in [-0.1, -0.05) is 5.16 Å². The minimum absolute atomic E-state index is 0.0444. The number of nitrogens with two attached hydrogens (primary N) is 1. The molecule has 1 aliphatic carbocycles. The number of alkyl halides is 3. The Morgan fingerprint density at radius 1 is 1.46 bits per heavy atom. The molecule has 0 radical (unpaired) electrons. The Morgan fingerprint density at radius 2 is 2.08 bits per heavy atom. The summed E-state index contributed by atoms with van der Waals surface area (Å²) in [5.41, 5.74) is 5.45. The highest BCUT2D eigenvalue weighted by Gasteiger charge is 2.40.